The average molecular weight is 294 g/mol. The molecule has 3 heterocycles. The molecule has 0 spiro atoms. The van der Waals surface area contributed by atoms with Gasteiger partial charge in [-0.3, -0.25) is 9.89 Å². The molecule has 0 unspecified atom stereocenters. The number of oxazole rings is 1. The number of H-pyrrole nitrogens is 1. The maximum atomic E-state index is 12.7. The van der Waals surface area contributed by atoms with E-state index in [1.165, 1.54) is 6.39 Å². The van der Waals surface area contributed by atoms with Gasteiger partial charge in [-0.1, -0.05) is 29.8 Å². The molecule has 0 atom stereocenters. The summed E-state index contributed by atoms with van der Waals surface area (Å²) < 4.78 is 5.45. The van der Waals surface area contributed by atoms with E-state index in [0.29, 0.717) is 24.5 Å². The molecule has 22 heavy (non-hydrogen) atoms. The number of carbonyl (C=O) groups is 1. The number of carbonyl (C=O) groups excluding carboxylic acids is 1. The topological polar surface area (TPSA) is 75.0 Å². The molecule has 6 heteroatoms. The van der Waals surface area contributed by atoms with Crippen molar-refractivity contribution in [1.29, 1.82) is 0 Å². The van der Waals surface area contributed by atoms with Gasteiger partial charge in [0.2, 0.25) is 0 Å². The predicted molar refractivity (Wildman–Crippen MR) is 78.8 cm³/mol. The van der Waals surface area contributed by atoms with E-state index in [1.54, 1.807) is 11.1 Å². The highest BCUT2D eigenvalue weighted by molar-refractivity contribution is 5.97. The Hall–Kier alpha value is -2.89. The van der Waals surface area contributed by atoms with Crippen LogP contribution in [0.25, 0.3) is 11.3 Å². The Labute approximate surface area is 126 Å². The van der Waals surface area contributed by atoms with E-state index in [9.17, 15) is 4.79 Å². The molecule has 1 amide bonds. The monoisotopic (exact) mass is 294 g/mol. The van der Waals surface area contributed by atoms with E-state index in [0.717, 1.165) is 22.4 Å². The van der Waals surface area contributed by atoms with Gasteiger partial charge < -0.3 is 9.32 Å². The lowest BCUT2D eigenvalue weighted by molar-refractivity contribution is 0.0744. The molecular formula is C16H14N4O2. The lowest BCUT2D eigenvalue weighted by Crippen LogP contribution is -2.26. The van der Waals surface area contributed by atoms with E-state index in [-0.39, 0.29) is 5.91 Å². The number of rotatable bonds is 2. The van der Waals surface area contributed by atoms with Gasteiger partial charge >= 0.3 is 0 Å². The summed E-state index contributed by atoms with van der Waals surface area (Å²) in [4.78, 5) is 18.6. The second-order valence-corrected chi connectivity index (χ2v) is 5.43. The highest BCUT2D eigenvalue weighted by Crippen LogP contribution is 2.27. The third-order valence-corrected chi connectivity index (χ3v) is 3.89. The van der Waals surface area contributed by atoms with Gasteiger partial charge in [0.25, 0.3) is 5.91 Å². The predicted octanol–water partition coefficient (Wildman–Crippen LogP) is 2.53. The molecule has 1 N–H and O–H groups in total. The molecule has 6 nitrogen and oxygen atoms in total. The lowest BCUT2D eigenvalue weighted by Gasteiger charge is -2.14. The van der Waals surface area contributed by atoms with Crippen molar-refractivity contribution in [1.82, 2.24) is 20.1 Å². The first kappa shape index (κ1) is 12.8. The number of nitrogens with zero attached hydrogens (tertiary/aromatic N) is 3. The number of aromatic nitrogens is 3. The Morgan fingerprint density at radius 3 is 2.86 bits per heavy atom. The smallest absolute Gasteiger partial charge is 0.277 e. The van der Waals surface area contributed by atoms with Crippen molar-refractivity contribution in [2.75, 3.05) is 0 Å². The van der Waals surface area contributed by atoms with Crippen LogP contribution in [0, 0.1) is 6.92 Å². The Bertz CT molecular complexity index is 811. The number of hydrogen-bond acceptors (Lipinski definition) is 4. The first-order valence-corrected chi connectivity index (χ1v) is 7.03. The van der Waals surface area contributed by atoms with Crippen LogP contribution in [-0.4, -0.2) is 26.0 Å². The molecule has 0 radical (unpaired) electrons. The van der Waals surface area contributed by atoms with Crippen LogP contribution < -0.4 is 0 Å². The van der Waals surface area contributed by atoms with Crippen molar-refractivity contribution in [2.45, 2.75) is 20.0 Å². The van der Waals surface area contributed by atoms with Gasteiger partial charge in [-0.2, -0.15) is 5.10 Å². The minimum atomic E-state index is -0.131. The molecule has 1 aromatic carbocycles. The van der Waals surface area contributed by atoms with E-state index in [1.807, 2.05) is 31.2 Å². The molecule has 0 fully saturated rings. The van der Waals surface area contributed by atoms with Crippen LogP contribution >= 0.6 is 0 Å². The summed E-state index contributed by atoms with van der Waals surface area (Å²) in [6, 6.07) is 7.84. The first-order chi connectivity index (χ1) is 10.7. The largest absolute Gasteiger partial charge is 0.443 e. The Balaban J connectivity index is 1.64. The fourth-order valence-corrected chi connectivity index (χ4v) is 2.66. The standard InChI is InChI=1S/C16H14N4O2/c1-10-2-4-11(5-3-10)15-14(17-9-22-15)16(21)20-7-12-6-18-19-13(12)8-20/h2-6,9H,7-8H2,1H3,(H,18,19). The zero-order chi connectivity index (χ0) is 15.1. The summed E-state index contributed by atoms with van der Waals surface area (Å²) in [5, 5.41) is 6.89. The van der Waals surface area contributed by atoms with Gasteiger partial charge in [0.1, 0.15) is 0 Å². The minimum Gasteiger partial charge on any atom is -0.443 e. The zero-order valence-corrected chi connectivity index (χ0v) is 12.0. The molecule has 1 aliphatic heterocycles. The van der Waals surface area contributed by atoms with Crippen LogP contribution in [0.2, 0.25) is 0 Å². The molecule has 0 aliphatic carbocycles. The van der Waals surface area contributed by atoms with E-state index >= 15 is 0 Å². The van der Waals surface area contributed by atoms with Gasteiger partial charge in [0.15, 0.2) is 17.8 Å². The van der Waals surface area contributed by atoms with Crippen molar-refractivity contribution in [2.24, 2.45) is 0 Å². The molecule has 0 saturated heterocycles. The number of amides is 1. The molecule has 110 valence electrons. The van der Waals surface area contributed by atoms with Gasteiger partial charge in [-0.25, -0.2) is 4.98 Å². The summed E-state index contributed by atoms with van der Waals surface area (Å²) in [7, 11) is 0. The molecular weight excluding hydrogens is 280 g/mol. The normalized spacial score (nSPS) is 13.4. The Kier molecular flexibility index (Phi) is 2.82. The molecule has 1 aliphatic rings. The molecule has 4 rings (SSSR count). The lowest BCUT2D eigenvalue weighted by atomic mass is 10.1. The van der Waals surface area contributed by atoms with Gasteiger partial charge in [-0.05, 0) is 6.92 Å². The number of aromatic amines is 1. The van der Waals surface area contributed by atoms with Crippen molar-refractivity contribution in [3.05, 3.63) is 59.4 Å². The number of aryl methyl sites for hydroxylation is 1. The van der Waals surface area contributed by atoms with Crippen molar-refractivity contribution in [3.63, 3.8) is 0 Å². The SMILES string of the molecule is Cc1ccc(-c2ocnc2C(=O)N2Cc3cn[nH]c3C2)cc1. The van der Waals surface area contributed by atoms with Crippen molar-refractivity contribution < 1.29 is 9.21 Å². The third-order valence-electron chi connectivity index (χ3n) is 3.89. The van der Waals surface area contributed by atoms with Crippen LogP contribution in [-0.2, 0) is 13.1 Å². The zero-order valence-electron chi connectivity index (χ0n) is 12.0. The van der Waals surface area contributed by atoms with Crippen molar-refractivity contribution in [3.8, 4) is 11.3 Å². The molecule has 2 aromatic heterocycles. The first-order valence-electron chi connectivity index (χ1n) is 7.03. The summed E-state index contributed by atoms with van der Waals surface area (Å²) in [6.45, 7) is 3.08. The second kappa shape index (κ2) is 4.84. The summed E-state index contributed by atoms with van der Waals surface area (Å²) in [5.74, 6) is 0.382. The average Bonchev–Trinajstić information content (AvgIpc) is 3.22. The Morgan fingerprint density at radius 1 is 1.27 bits per heavy atom. The van der Waals surface area contributed by atoms with E-state index in [4.69, 9.17) is 4.42 Å². The third kappa shape index (κ3) is 2.00. The van der Waals surface area contributed by atoms with Crippen LogP contribution in [0.1, 0.15) is 27.3 Å². The minimum absolute atomic E-state index is 0.131. The van der Waals surface area contributed by atoms with Crippen LogP contribution in [0.3, 0.4) is 0 Å². The highest BCUT2D eigenvalue weighted by atomic mass is 16.3. The van der Waals surface area contributed by atoms with Crippen LogP contribution in [0.5, 0.6) is 0 Å². The summed E-state index contributed by atoms with van der Waals surface area (Å²) in [6.07, 6.45) is 3.08. The number of benzene rings is 1. The van der Waals surface area contributed by atoms with Crippen LogP contribution in [0.15, 0.2) is 41.3 Å². The maximum absolute atomic E-state index is 12.7. The van der Waals surface area contributed by atoms with Crippen LogP contribution in [0.4, 0.5) is 0 Å². The quantitative estimate of drug-likeness (QED) is 0.788. The number of hydrogen-bond donors (Lipinski definition) is 1. The second-order valence-electron chi connectivity index (χ2n) is 5.43. The fraction of sp³-hybridized carbons (Fsp3) is 0.188. The summed E-state index contributed by atoms with van der Waals surface area (Å²) >= 11 is 0. The maximum Gasteiger partial charge on any atom is 0.277 e. The van der Waals surface area contributed by atoms with Crippen molar-refractivity contribution >= 4 is 5.91 Å². The van der Waals surface area contributed by atoms with Gasteiger partial charge in [-0.15, -0.1) is 0 Å². The molecule has 0 bridgehead atoms. The highest BCUT2D eigenvalue weighted by Gasteiger charge is 2.29. The van der Waals surface area contributed by atoms with Gasteiger partial charge in [0.05, 0.1) is 18.4 Å². The number of nitrogens with one attached hydrogen (secondary N) is 1. The molecule has 3 aromatic rings. The van der Waals surface area contributed by atoms with E-state index in [2.05, 4.69) is 15.2 Å². The summed E-state index contributed by atoms with van der Waals surface area (Å²) in [5.41, 5.74) is 4.39. The fourth-order valence-electron chi connectivity index (χ4n) is 2.66. The van der Waals surface area contributed by atoms with Gasteiger partial charge in [0, 0.05) is 17.7 Å². The van der Waals surface area contributed by atoms with E-state index < -0.39 is 0 Å². The number of fused-ring (bicyclic) bond motifs is 1. The Morgan fingerprint density at radius 2 is 2.09 bits per heavy atom. The molecule has 0 saturated carbocycles.